The van der Waals surface area contributed by atoms with E-state index in [1.54, 1.807) is 12.1 Å². The van der Waals surface area contributed by atoms with Gasteiger partial charge in [0.25, 0.3) is 0 Å². The van der Waals surface area contributed by atoms with Gasteiger partial charge in [0.15, 0.2) is 0 Å². The second-order valence-corrected chi connectivity index (χ2v) is 2.85. The van der Waals surface area contributed by atoms with Gasteiger partial charge in [0.2, 0.25) is 0 Å². The van der Waals surface area contributed by atoms with Crippen LogP contribution in [0.15, 0.2) is 54.6 Å². The Bertz CT molecular complexity index is 398. The van der Waals surface area contributed by atoms with Gasteiger partial charge in [-0.05, 0) is 11.6 Å². The smallest absolute Gasteiger partial charge is 0.131 e. The largest absolute Gasteiger partial charge is 0.206 e. The van der Waals surface area contributed by atoms with Gasteiger partial charge in [-0.25, -0.2) is 4.39 Å². The molecule has 14 heavy (non-hydrogen) atoms. The molecule has 0 aliphatic rings. The molecule has 66 valence electrons. The fourth-order valence-corrected chi connectivity index (χ4v) is 1.31. The van der Waals surface area contributed by atoms with Crippen LogP contribution >= 0.6 is 0 Å². The van der Waals surface area contributed by atoms with Gasteiger partial charge in [-0.15, -0.1) is 0 Å². The average molecular weight is 238 g/mol. The minimum absolute atomic E-state index is 0. The molecule has 0 amide bonds. The first kappa shape index (κ1) is 11.1. The Balaban J connectivity index is 0.000000980. The second-order valence-electron chi connectivity index (χ2n) is 2.85. The van der Waals surface area contributed by atoms with Gasteiger partial charge in [0.05, 0.1) is 0 Å². The van der Waals surface area contributed by atoms with Crippen LogP contribution in [0.1, 0.15) is 0 Å². The number of hydrogen-bond acceptors (Lipinski definition) is 0. The summed E-state index contributed by atoms with van der Waals surface area (Å²) in [7, 11) is 0. The van der Waals surface area contributed by atoms with E-state index in [0.29, 0.717) is 5.56 Å². The molecule has 0 aliphatic carbocycles. The maximum absolute atomic E-state index is 13.3. The average Bonchev–Trinajstić information content (AvgIpc) is 2.20. The first-order chi connectivity index (χ1) is 6.38. The van der Waals surface area contributed by atoms with Crippen molar-refractivity contribution in [3.8, 4) is 11.1 Å². The molecule has 0 spiro atoms. The molecule has 0 unspecified atom stereocenters. The first-order valence-corrected chi connectivity index (χ1v) is 4.18. The minimum Gasteiger partial charge on any atom is -0.206 e. The number of rotatable bonds is 1. The molecule has 2 rings (SSSR count). The Labute approximate surface area is 95.5 Å². The predicted octanol–water partition coefficient (Wildman–Crippen LogP) is 3.49. The molecule has 0 aliphatic heterocycles. The normalized spacial score (nSPS) is 9.21. The van der Waals surface area contributed by atoms with E-state index in [4.69, 9.17) is 0 Å². The van der Waals surface area contributed by atoms with E-state index in [9.17, 15) is 4.39 Å². The zero-order valence-electron chi connectivity index (χ0n) is 7.78. The van der Waals surface area contributed by atoms with Gasteiger partial charge in [-0.3, -0.25) is 0 Å². The summed E-state index contributed by atoms with van der Waals surface area (Å²) in [4.78, 5) is 0. The third-order valence-electron chi connectivity index (χ3n) is 1.96. The number of hydrogen-bond donors (Lipinski definition) is 0. The van der Waals surface area contributed by atoms with Gasteiger partial charge in [0, 0.05) is 25.0 Å². The molecule has 0 aromatic heterocycles. The van der Waals surface area contributed by atoms with Gasteiger partial charge < -0.3 is 0 Å². The molecule has 0 radical (unpaired) electrons. The van der Waals surface area contributed by atoms with E-state index in [2.05, 4.69) is 0 Å². The van der Waals surface area contributed by atoms with Crippen LogP contribution in [0, 0.1) is 5.82 Å². The zero-order valence-corrected chi connectivity index (χ0v) is 10.7. The molecule has 0 saturated heterocycles. The third-order valence-corrected chi connectivity index (χ3v) is 1.96. The first-order valence-electron chi connectivity index (χ1n) is 4.18. The third kappa shape index (κ3) is 2.27. The summed E-state index contributed by atoms with van der Waals surface area (Å²) in [6.07, 6.45) is 0. The molecule has 0 saturated carbocycles. The van der Waals surface area contributed by atoms with E-state index >= 15 is 0 Å². The van der Waals surface area contributed by atoms with Crippen LogP contribution in [-0.4, -0.2) is 0 Å². The van der Waals surface area contributed by atoms with Gasteiger partial charge >= 0.3 is 0 Å². The number of benzene rings is 2. The summed E-state index contributed by atoms with van der Waals surface area (Å²) < 4.78 is 13.3. The van der Waals surface area contributed by atoms with Crippen LogP contribution in [0.3, 0.4) is 0 Å². The van der Waals surface area contributed by atoms with Crippen molar-refractivity contribution in [1.82, 2.24) is 0 Å². The van der Waals surface area contributed by atoms with Gasteiger partial charge in [0.1, 0.15) is 5.82 Å². The van der Waals surface area contributed by atoms with E-state index < -0.39 is 0 Å². The molecule has 0 fully saturated rings. The molecular weight excluding hydrogens is 229 g/mol. The maximum Gasteiger partial charge on any atom is 0.131 e. The SMILES string of the molecule is Fc1ccccc1-c1ccccc1.[Zn]. The van der Waals surface area contributed by atoms with Crippen molar-refractivity contribution in [2.24, 2.45) is 0 Å². The number of halogens is 1. The molecule has 2 heteroatoms. The van der Waals surface area contributed by atoms with Crippen molar-refractivity contribution in [3.05, 3.63) is 60.4 Å². The van der Waals surface area contributed by atoms with Crippen molar-refractivity contribution in [2.45, 2.75) is 0 Å². The van der Waals surface area contributed by atoms with Crippen LogP contribution in [0.4, 0.5) is 4.39 Å². The standard InChI is InChI=1S/C12H9F.Zn/c13-12-9-5-4-8-11(12)10-6-2-1-3-7-10;/h1-9H;. The van der Waals surface area contributed by atoms with E-state index in [1.165, 1.54) is 6.07 Å². The monoisotopic (exact) mass is 236 g/mol. The Kier molecular flexibility index (Phi) is 3.97. The quantitative estimate of drug-likeness (QED) is 0.666. The maximum atomic E-state index is 13.3. The van der Waals surface area contributed by atoms with Crippen LogP contribution in [0.5, 0.6) is 0 Å². The summed E-state index contributed by atoms with van der Waals surface area (Å²) >= 11 is 0. The van der Waals surface area contributed by atoms with E-state index in [-0.39, 0.29) is 25.3 Å². The van der Waals surface area contributed by atoms with Crippen molar-refractivity contribution < 1.29 is 23.9 Å². The van der Waals surface area contributed by atoms with Crippen LogP contribution in [0.2, 0.25) is 0 Å². The minimum atomic E-state index is -0.172. The Hall–Kier alpha value is -1.01. The van der Waals surface area contributed by atoms with Gasteiger partial charge in [-0.2, -0.15) is 0 Å². The molecule has 0 bridgehead atoms. The topological polar surface area (TPSA) is 0 Å². The Morgan fingerprint density at radius 2 is 1.29 bits per heavy atom. The molecular formula is C12H9FZn. The van der Waals surface area contributed by atoms with Gasteiger partial charge in [-0.1, -0.05) is 48.5 Å². The summed E-state index contributed by atoms with van der Waals surface area (Å²) in [5, 5.41) is 0. The van der Waals surface area contributed by atoms with Crippen LogP contribution < -0.4 is 0 Å². The van der Waals surface area contributed by atoms with Crippen LogP contribution in [0.25, 0.3) is 11.1 Å². The Morgan fingerprint density at radius 3 is 1.93 bits per heavy atom. The zero-order chi connectivity index (χ0) is 9.10. The molecule has 2 aromatic carbocycles. The molecule has 0 heterocycles. The van der Waals surface area contributed by atoms with Crippen molar-refractivity contribution in [2.75, 3.05) is 0 Å². The predicted molar refractivity (Wildman–Crippen MR) is 51.8 cm³/mol. The molecule has 2 aromatic rings. The van der Waals surface area contributed by atoms with Crippen molar-refractivity contribution >= 4 is 0 Å². The second kappa shape index (κ2) is 5.02. The molecule has 0 atom stereocenters. The summed E-state index contributed by atoms with van der Waals surface area (Å²) in [6, 6.07) is 16.3. The Morgan fingerprint density at radius 1 is 0.714 bits per heavy atom. The van der Waals surface area contributed by atoms with Crippen molar-refractivity contribution in [1.29, 1.82) is 0 Å². The summed E-state index contributed by atoms with van der Waals surface area (Å²) in [5.74, 6) is -0.172. The fourth-order valence-electron chi connectivity index (χ4n) is 1.31. The molecule has 0 N–H and O–H groups in total. The van der Waals surface area contributed by atoms with E-state index in [1.807, 2.05) is 36.4 Å². The fraction of sp³-hybridized carbons (Fsp3) is 0. The van der Waals surface area contributed by atoms with Crippen molar-refractivity contribution in [3.63, 3.8) is 0 Å². The molecule has 0 nitrogen and oxygen atoms in total. The van der Waals surface area contributed by atoms with E-state index in [0.717, 1.165) is 5.56 Å². The summed E-state index contributed by atoms with van der Waals surface area (Å²) in [6.45, 7) is 0. The van der Waals surface area contributed by atoms with Crippen LogP contribution in [-0.2, 0) is 19.5 Å². The summed E-state index contributed by atoms with van der Waals surface area (Å²) in [5.41, 5.74) is 1.57.